The number of nitrogens with two attached hydrogens (primary N) is 1. The highest BCUT2D eigenvalue weighted by Crippen LogP contribution is 2.24. The molecule has 0 radical (unpaired) electrons. The van der Waals surface area contributed by atoms with Gasteiger partial charge in [0.2, 0.25) is 0 Å². The van der Waals surface area contributed by atoms with Gasteiger partial charge in [-0.15, -0.1) is 0 Å². The molecule has 2 aromatic carbocycles. The largest absolute Gasteiger partial charge is 0.486 e. The molecule has 26 heavy (non-hydrogen) atoms. The standard InChI is InChI=1S/C20H23ClN4O/c1-20(2,3)14-6-10-16(11-7-14)26-12-17-23-19(25-24-17)18(22)13-4-8-15(21)9-5-13/h4-11,18H,12,22H2,1-3H3,(H,23,24,25)/t18-/m0/s1. The third kappa shape index (κ3) is 4.42. The minimum atomic E-state index is -0.414. The topological polar surface area (TPSA) is 76.8 Å². The maximum atomic E-state index is 6.22. The van der Waals surface area contributed by atoms with Gasteiger partial charge in [-0.3, -0.25) is 5.10 Å². The fourth-order valence-corrected chi connectivity index (χ4v) is 2.66. The molecule has 0 aliphatic rings. The second kappa shape index (κ2) is 7.48. The highest BCUT2D eigenvalue weighted by Gasteiger charge is 2.15. The average molecular weight is 371 g/mol. The van der Waals surface area contributed by atoms with Gasteiger partial charge in [0.1, 0.15) is 12.4 Å². The monoisotopic (exact) mass is 370 g/mol. The van der Waals surface area contributed by atoms with E-state index in [2.05, 4.69) is 48.1 Å². The van der Waals surface area contributed by atoms with Crippen LogP contribution in [0.1, 0.15) is 49.6 Å². The summed E-state index contributed by atoms with van der Waals surface area (Å²) in [7, 11) is 0. The predicted octanol–water partition coefficient (Wildman–Crippen LogP) is 4.38. The zero-order valence-corrected chi connectivity index (χ0v) is 15.9. The van der Waals surface area contributed by atoms with Gasteiger partial charge in [0.25, 0.3) is 0 Å². The van der Waals surface area contributed by atoms with E-state index in [4.69, 9.17) is 22.1 Å². The Hall–Kier alpha value is -2.37. The molecule has 0 saturated carbocycles. The van der Waals surface area contributed by atoms with Gasteiger partial charge in [-0.2, -0.15) is 5.10 Å². The first kappa shape index (κ1) is 18.4. The fraction of sp³-hybridized carbons (Fsp3) is 0.300. The summed E-state index contributed by atoms with van der Waals surface area (Å²) >= 11 is 5.91. The van der Waals surface area contributed by atoms with Crippen LogP contribution in [0.15, 0.2) is 48.5 Å². The molecule has 5 nitrogen and oxygen atoms in total. The SMILES string of the molecule is CC(C)(C)c1ccc(OCc2nc([C@@H](N)c3ccc(Cl)cc3)n[nH]2)cc1. The Morgan fingerprint density at radius 3 is 2.35 bits per heavy atom. The molecule has 0 spiro atoms. The van der Waals surface area contributed by atoms with E-state index in [0.29, 0.717) is 23.3 Å². The summed E-state index contributed by atoms with van der Waals surface area (Å²) in [4.78, 5) is 4.43. The highest BCUT2D eigenvalue weighted by atomic mass is 35.5. The van der Waals surface area contributed by atoms with E-state index in [-0.39, 0.29) is 5.41 Å². The van der Waals surface area contributed by atoms with E-state index < -0.39 is 6.04 Å². The van der Waals surface area contributed by atoms with Gasteiger partial charge in [-0.1, -0.05) is 56.6 Å². The van der Waals surface area contributed by atoms with Crippen LogP contribution in [-0.4, -0.2) is 15.2 Å². The van der Waals surface area contributed by atoms with Crippen molar-refractivity contribution in [2.75, 3.05) is 0 Å². The number of benzene rings is 2. The number of hydrogen-bond acceptors (Lipinski definition) is 4. The van der Waals surface area contributed by atoms with Gasteiger partial charge in [-0.05, 0) is 40.8 Å². The molecule has 1 aromatic heterocycles. The molecule has 0 fully saturated rings. The van der Waals surface area contributed by atoms with Gasteiger partial charge in [-0.25, -0.2) is 4.98 Å². The summed E-state index contributed by atoms with van der Waals surface area (Å²) in [5, 5.41) is 7.75. The first-order chi connectivity index (χ1) is 12.3. The van der Waals surface area contributed by atoms with Gasteiger partial charge in [0, 0.05) is 5.02 Å². The summed E-state index contributed by atoms with van der Waals surface area (Å²) in [5.74, 6) is 1.94. The van der Waals surface area contributed by atoms with Crippen molar-refractivity contribution in [2.24, 2.45) is 5.73 Å². The number of rotatable bonds is 5. The lowest BCUT2D eigenvalue weighted by atomic mass is 9.87. The van der Waals surface area contributed by atoms with E-state index in [1.54, 1.807) is 12.1 Å². The molecule has 0 bridgehead atoms. The van der Waals surface area contributed by atoms with Crippen molar-refractivity contribution in [2.45, 2.75) is 38.8 Å². The molecule has 3 N–H and O–H groups in total. The Kier molecular flexibility index (Phi) is 5.30. The van der Waals surface area contributed by atoms with Crippen LogP contribution < -0.4 is 10.5 Å². The Balaban J connectivity index is 1.62. The van der Waals surface area contributed by atoms with Crippen LogP contribution in [0.4, 0.5) is 0 Å². The number of nitrogens with one attached hydrogen (secondary N) is 1. The minimum Gasteiger partial charge on any atom is -0.486 e. The maximum absolute atomic E-state index is 6.22. The molecule has 136 valence electrons. The second-order valence-corrected chi connectivity index (χ2v) is 7.67. The van der Waals surface area contributed by atoms with Crippen LogP contribution in [0.2, 0.25) is 5.02 Å². The van der Waals surface area contributed by atoms with E-state index >= 15 is 0 Å². The van der Waals surface area contributed by atoms with E-state index in [1.807, 2.05) is 24.3 Å². The lowest BCUT2D eigenvalue weighted by molar-refractivity contribution is 0.296. The third-order valence-corrected chi connectivity index (χ3v) is 4.40. The summed E-state index contributed by atoms with van der Waals surface area (Å²) in [5.41, 5.74) is 8.50. The highest BCUT2D eigenvalue weighted by molar-refractivity contribution is 6.30. The van der Waals surface area contributed by atoms with Crippen LogP contribution in [-0.2, 0) is 12.0 Å². The van der Waals surface area contributed by atoms with E-state index in [1.165, 1.54) is 5.56 Å². The van der Waals surface area contributed by atoms with Gasteiger partial charge in [0.15, 0.2) is 11.6 Å². The summed E-state index contributed by atoms with van der Waals surface area (Å²) in [6.07, 6.45) is 0. The number of ether oxygens (including phenoxy) is 1. The van der Waals surface area contributed by atoms with Crippen molar-refractivity contribution in [1.82, 2.24) is 15.2 Å². The van der Waals surface area contributed by atoms with Crippen LogP contribution in [0.3, 0.4) is 0 Å². The number of hydrogen-bond donors (Lipinski definition) is 2. The normalized spacial score (nSPS) is 12.8. The van der Waals surface area contributed by atoms with Crippen molar-refractivity contribution < 1.29 is 4.74 Å². The first-order valence-electron chi connectivity index (χ1n) is 8.48. The molecule has 0 aliphatic carbocycles. The predicted molar refractivity (Wildman–Crippen MR) is 103 cm³/mol. The number of H-pyrrole nitrogens is 1. The Bertz CT molecular complexity index is 851. The van der Waals surface area contributed by atoms with Crippen molar-refractivity contribution in [3.63, 3.8) is 0 Å². The number of aromatic nitrogens is 3. The zero-order chi connectivity index (χ0) is 18.7. The Labute approximate surface area is 158 Å². The van der Waals surface area contributed by atoms with Crippen molar-refractivity contribution in [3.05, 3.63) is 76.3 Å². The third-order valence-electron chi connectivity index (χ3n) is 4.15. The van der Waals surface area contributed by atoms with Crippen molar-refractivity contribution >= 4 is 11.6 Å². The van der Waals surface area contributed by atoms with Crippen LogP contribution >= 0.6 is 11.6 Å². The summed E-state index contributed by atoms with van der Waals surface area (Å²) < 4.78 is 5.78. The van der Waals surface area contributed by atoms with Crippen LogP contribution in [0.25, 0.3) is 0 Å². The zero-order valence-electron chi connectivity index (χ0n) is 15.2. The molecule has 6 heteroatoms. The molecule has 3 rings (SSSR count). The van der Waals surface area contributed by atoms with E-state index in [0.717, 1.165) is 11.3 Å². The van der Waals surface area contributed by atoms with Gasteiger partial charge >= 0.3 is 0 Å². The number of aromatic amines is 1. The minimum absolute atomic E-state index is 0.121. The quantitative estimate of drug-likeness (QED) is 0.698. The first-order valence-corrected chi connectivity index (χ1v) is 8.86. The van der Waals surface area contributed by atoms with Crippen molar-refractivity contribution in [3.8, 4) is 5.75 Å². The molecular weight excluding hydrogens is 348 g/mol. The smallest absolute Gasteiger partial charge is 0.172 e. The number of nitrogens with zero attached hydrogens (tertiary/aromatic N) is 2. The molecular formula is C20H23ClN4O. The van der Waals surface area contributed by atoms with Crippen LogP contribution in [0, 0.1) is 0 Å². The summed E-state index contributed by atoms with van der Waals surface area (Å²) in [6, 6.07) is 15.0. The second-order valence-electron chi connectivity index (χ2n) is 7.23. The molecule has 3 aromatic rings. The molecule has 0 saturated heterocycles. The molecule has 1 heterocycles. The molecule has 0 aliphatic heterocycles. The fourth-order valence-electron chi connectivity index (χ4n) is 2.54. The molecule has 0 unspecified atom stereocenters. The molecule has 1 atom stereocenters. The number of halogens is 1. The Morgan fingerprint density at radius 1 is 1.08 bits per heavy atom. The summed E-state index contributed by atoms with van der Waals surface area (Å²) in [6.45, 7) is 6.85. The lowest BCUT2D eigenvalue weighted by Gasteiger charge is -2.19. The van der Waals surface area contributed by atoms with Crippen molar-refractivity contribution in [1.29, 1.82) is 0 Å². The van der Waals surface area contributed by atoms with Crippen LogP contribution in [0.5, 0.6) is 5.75 Å². The average Bonchev–Trinajstić information content (AvgIpc) is 3.08. The van der Waals surface area contributed by atoms with Gasteiger partial charge in [0.05, 0.1) is 6.04 Å². The van der Waals surface area contributed by atoms with E-state index in [9.17, 15) is 0 Å². The van der Waals surface area contributed by atoms with Gasteiger partial charge < -0.3 is 10.5 Å². The lowest BCUT2D eigenvalue weighted by Crippen LogP contribution is -2.13. The Morgan fingerprint density at radius 2 is 1.73 bits per heavy atom. The maximum Gasteiger partial charge on any atom is 0.172 e. The molecule has 0 amide bonds.